The summed E-state index contributed by atoms with van der Waals surface area (Å²) in [5.74, 6) is 1.59. The van der Waals surface area contributed by atoms with Crippen LogP contribution in [0.25, 0.3) is 22.5 Å². The Morgan fingerprint density at radius 1 is 1.02 bits per heavy atom. The lowest BCUT2D eigenvalue weighted by Gasteiger charge is -2.39. The topological polar surface area (TPSA) is 95.3 Å². The van der Waals surface area contributed by atoms with E-state index in [9.17, 15) is 4.79 Å². The van der Waals surface area contributed by atoms with Gasteiger partial charge in [-0.3, -0.25) is 9.67 Å². The van der Waals surface area contributed by atoms with E-state index >= 15 is 0 Å². The lowest BCUT2D eigenvalue weighted by Crippen LogP contribution is -2.50. The van der Waals surface area contributed by atoms with Crippen molar-refractivity contribution < 1.29 is 14.3 Å². The van der Waals surface area contributed by atoms with Crippen molar-refractivity contribution in [2.24, 2.45) is 0 Å². The molecule has 9 nitrogen and oxygen atoms in total. The zero-order chi connectivity index (χ0) is 29.3. The molecule has 0 radical (unpaired) electrons. The third-order valence-electron chi connectivity index (χ3n) is 7.88. The summed E-state index contributed by atoms with van der Waals surface area (Å²) in [6, 6.07) is 14.4. The first-order valence-electron chi connectivity index (χ1n) is 14.8. The van der Waals surface area contributed by atoms with Crippen LogP contribution in [-0.2, 0) is 17.7 Å². The summed E-state index contributed by atoms with van der Waals surface area (Å²) in [5, 5.41) is 4.76. The van der Waals surface area contributed by atoms with Gasteiger partial charge < -0.3 is 14.4 Å². The molecule has 4 aromatic rings. The van der Waals surface area contributed by atoms with Gasteiger partial charge in [-0.1, -0.05) is 12.1 Å². The minimum Gasteiger partial charge on any atom is -0.490 e. The van der Waals surface area contributed by atoms with Crippen LogP contribution in [0.4, 0.5) is 4.79 Å². The zero-order valence-corrected chi connectivity index (χ0v) is 24.7. The molecule has 2 unspecified atom stereocenters. The van der Waals surface area contributed by atoms with Crippen LogP contribution < -0.4 is 4.74 Å². The first-order valence-corrected chi connectivity index (χ1v) is 14.8. The minimum atomic E-state index is -0.487. The highest BCUT2D eigenvalue weighted by Gasteiger charge is 2.45. The van der Waals surface area contributed by atoms with E-state index in [0.29, 0.717) is 6.42 Å². The summed E-state index contributed by atoms with van der Waals surface area (Å²) in [6.45, 7) is 8.58. The minimum absolute atomic E-state index is 0.0881. The molecule has 2 aliphatic rings. The predicted octanol–water partition coefficient (Wildman–Crippen LogP) is 6.32. The van der Waals surface area contributed by atoms with Gasteiger partial charge in [-0.05, 0) is 76.4 Å². The molecule has 2 bridgehead atoms. The Morgan fingerprint density at radius 2 is 1.79 bits per heavy atom. The van der Waals surface area contributed by atoms with Crippen LogP contribution >= 0.6 is 0 Å². The van der Waals surface area contributed by atoms with E-state index in [1.165, 1.54) is 0 Å². The quantitative estimate of drug-likeness (QED) is 0.258. The number of aryl methyl sites for hydroxylation is 1. The van der Waals surface area contributed by atoms with Crippen LogP contribution in [0.15, 0.2) is 67.3 Å². The fraction of sp³-hybridized carbons (Fsp3) is 0.424. The van der Waals surface area contributed by atoms with Gasteiger partial charge in [-0.2, -0.15) is 5.10 Å². The van der Waals surface area contributed by atoms with Crippen molar-refractivity contribution in [1.82, 2.24) is 29.6 Å². The number of piperidine rings is 1. The summed E-state index contributed by atoms with van der Waals surface area (Å²) in [6.07, 6.45) is 11.6. The van der Waals surface area contributed by atoms with Crippen molar-refractivity contribution in [2.45, 2.75) is 90.1 Å². The number of amides is 1. The van der Waals surface area contributed by atoms with Crippen molar-refractivity contribution in [1.29, 1.82) is 0 Å². The lowest BCUT2D eigenvalue weighted by molar-refractivity contribution is -0.00707. The van der Waals surface area contributed by atoms with E-state index in [0.717, 1.165) is 71.9 Å². The second kappa shape index (κ2) is 11.5. The summed E-state index contributed by atoms with van der Waals surface area (Å²) in [7, 11) is 0. The second-order valence-electron chi connectivity index (χ2n) is 12.2. The molecule has 0 spiro atoms. The molecule has 0 aliphatic carbocycles. The molecule has 0 N–H and O–H groups in total. The number of hydrogen-bond acceptors (Lipinski definition) is 7. The first-order chi connectivity index (χ1) is 20.3. The maximum atomic E-state index is 12.8. The maximum Gasteiger partial charge on any atom is 0.410 e. The van der Waals surface area contributed by atoms with Crippen molar-refractivity contribution in [3.63, 3.8) is 0 Å². The number of ether oxygens (including phenoxy) is 2. The molecule has 0 saturated carbocycles. The Kier molecular flexibility index (Phi) is 7.66. The molecule has 1 aromatic carbocycles. The lowest BCUT2D eigenvalue weighted by atomic mass is 10.00. The third-order valence-corrected chi connectivity index (χ3v) is 7.88. The van der Waals surface area contributed by atoms with Gasteiger partial charge in [0.05, 0.1) is 5.69 Å². The molecular weight excluding hydrogens is 528 g/mol. The number of nitrogens with zero attached hydrogens (tertiary/aromatic N) is 6. The summed E-state index contributed by atoms with van der Waals surface area (Å²) in [4.78, 5) is 28.4. The molecule has 3 aromatic heterocycles. The maximum absolute atomic E-state index is 12.8. The molecular formula is C33H38N6O3. The number of benzene rings is 1. The van der Waals surface area contributed by atoms with Crippen LogP contribution in [0, 0.1) is 0 Å². The highest BCUT2D eigenvalue weighted by Crippen LogP contribution is 2.38. The van der Waals surface area contributed by atoms with E-state index < -0.39 is 5.60 Å². The third kappa shape index (κ3) is 6.15. The highest BCUT2D eigenvalue weighted by molar-refractivity contribution is 5.78. The van der Waals surface area contributed by atoms with Gasteiger partial charge in [0, 0.05) is 73.8 Å². The number of carbonyl (C=O) groups excluding carboxylic acids is 1. The first kappa shape index (κ1) is 27.9. The number of rotatable bonds is 7. The average Bonchev–Trinajstić information content (AvgIpc) is 3.53. The second-order valence-corrected chi connectivity index (χ2v) is 12.2. The molecule has 42 heavy (non-hydrogen) atoms. The van der Waals surface area contributed by atoms with Crippen LogP contribution in [-0.4, -0.2) is 59.5 Å². The average molecular weight is 567 g/mol. The van der Waals surface area contributed by atoms with E-state index in [4.69, 9.17) is 19.6 Å². The molecule has 5 heterocycles. The Bertz CT molecular complexity index is 1520. The number of carbonyl (C=O) groups is 1. The molecule has 6 rings (SSSR count). The molecule has 2 saturated heterocycles. The number of hydrogen-bond donors (Lipinski definition) is 0. The van der Waals surface area contributed by atoms with Crippen molar-refractivity contribution in [3.8, 4) is 28.3 Å². The molecule has 9 heteroatoms. The SMILES string of the molecule is CCn1cc(-c2ccnc(Cc3ccc(OC4CC5CCC(C4)N5C(=O)OC(C)(C)C)cc3)n2)c(-c2cccnc2)n1. The standard InChI is InChI=1S/C33H38N6O3/c1-5-38-21-28(31(37-38)23-7-6-15-34-20-23)29-14-16-35-30(36-29)17-22-8-12-26(13-9-22)41-27-18-24-10-11-25(19-27)39(24)32(40)42-33(2,3)4/h6-9,12-16,20-21,24-25,27H,5,10-11,17-19H2,1-4H3. The molecule has 2 fully saturated rings. The Balaban J connectivity index is 1.11. The Hall–Kier alpha value is -4.27. The van der Waals surface area contributed by atoms with Crippen LogP contribution in [0.1, 0.15) is 64.8 Å². The van der Waals surface area contributed by atoms with Crippen LogP contribution in [0.3, 0.4) is 0 Å². The predicted molar refractivity (Wildman–Crippen MR) is 160 cm³/mol. The zero-order valence-electron chi connectivity index (χ0n) is 24.7. The number of aromatic nitrogens is 5. The highest BCUT2D eigenvalue weighted by atomic mass is 16.6. The summed E-state index contributed by atoms with van der Waals surface area (Å²) >= 11 is 0. The summed E-state index contributed by atoms with van der Waals surface area (Å²) in [5.41, 5.74) is 4.24. The summed E-state index contributed by atoms with van der Waals surface area (Å²) < 4.78 is 14.0. The monoisotopic (exact) mass is 566 g/mol. The van der Waals surface area contributed by atoms with Gasteiger partial charge in [0.2, 0.25) is 0 Å². The Morgan fingerprint density at radius 3 is 2.45 bits per heavy atom. The van der Waals surface area contributed by atoms with Gasteiger partial charge in [-0.15, -0.1) is 0 Å². The molecule has 2 aliphatic heterocycles. The van der Waals surface area contributed by atoms with E-state index in [1.54, 1.807) is 6.20 Å². The van der Waals surface area contributed by atoms with Gasteiger partial charge in [0.15, 0.2) is 0 Å². The van der Waals surface area contributed by atoms with Gasteiger partial charge >= 0.3 is 6.09 Å². The van der Waals surface area contributed by atoms with E-state index in [-0.39, 0.29) is 24.3 Å². The number of fused-ring (bicyclic) bond motifs is 2. The molecule has 218 valence electrons. The molecule has 2 atom stereocenters. The van der Waals surface area contributed by atoms with Crippen molar-refractivity contribution in [2.75, 3.05) is 0 Å². The normalized spacial score (nSPS) is 20.0. The van der Waals surface area contributed by atoms with Crippen molar-refractivity contribution >= 4 is 6.09 Å². The van der Waals surface area contributed by atoms with Gasteiger partial charge in [0.1, 0.15) is 29.0 Å². The fourth-order valence-corrected chi connectivity index (χ4v) is 6.02. The van der Waals surface area contributed by atoms with Gasteiger partial charge in [0.25, 0.3) is 0 Å². The van der Waals surface area contributed by atoms with E-state index in [1.807, 2.05) is 79.3 Å². The molecule has 1 amide bonds. The fourth-order valence-electron chi connectivity index (χ4n) is 6.02. The van der Waals surface area contributed by atoms with Crippen LogP contribution in [0.2, 0.25) is 0 Å². The largest absolute Gasteiger partial charge is 0.490 e. The van der Waals surface area contributed by atoms with Gasteiger partial charge in [-0.25, -0.2) is 14.8 Å². The van der Waals surface area contributed by atoms with Crippen molar-refractivity contribution in [3.05, 3.63) is 78.6 Å². The number of pyridine rings is 1. The Labute approximate surface area is 246 Å². The van der Waals surface area contributed by atoms with Crippen LogP contribution in [0.5, 0.6) is 5.75 Å². The smallest absolute Gasteiger partial charge is 0.410 e. The van der Waals surface area contributed by atoms with E-state index in [2.05, 4.69) is 29.0 Å².